The summed E-state index contributed by atoms with van der Waals surface area (Å²) in [6.45, 7) is 0.435. The molecule has 0 aliphatic rings. The molecule has 0 fully saturated rings. The second kappa shape index (κ2) is 4.58. The molecule has 9 heteroatoms. The van der Waals surface area contributed by atoms with E-state index in [1.807, 2.05) is 0 Å². The first-order valence-electron chi connectivity index (χ1n) is 4.66. The van der Waals surface area contributed by atoms with Crippen LogP contribution in [0.5, 0.6) is 0 Å². The lowest BCUT2D eigenvalue weighted by molar-refractivity contribution is -0.685. The Labute approximate surface area is 96.9 Å². The zero-order valence-corrected chi connectivity index (χ0v) is 9.99. The standard InChI is InChI=1S/C8H13N2O6P/c1-8(13,17(14,15)16)5-10-3-2-9(6-10)4-7(11)12/h2-3,6,13H,4-5H2,1H3,(H2-,11,12,14,15,16)/p+1. The SMILES string of the molecule is CC(O)(Cn1cc[n+](CC(=O)O)c1)P(=O)(O)O. The summed E-state index contributed by atoms with van der Waals surface area (Å²) >= 11 is 0. The Balaban J connectivity index is 2.79. The minimum Gasteiger partial charge on any atom is -0.478 e. The van der Waals surface area contributed by atoms with E-state index in [9.17, 15) is 14.5 Å². The lowest BCUT2D eigenvalue weighted by Gasteiger charge is -2.21. The fraction of sp³-hybridized carbons (Fsp3) is 0.500. The van der Waals surface area contributed by atoms with E-state index in [0.717, 1.165) is 6.92 Å². The van der Waals surface area contributed by atoms with Crippen LogP contribution in [0.2, 0.25) is 0 Å². The molecule has 0 saturated carbocycles. The molecule has 96 valence electrons. The van der Waals surface area contributed by atoms with E-state index in [0.29, 0.717) is 0 Å². The molecule has 0 saturated heterocycles. The van der Waals surface area contributed by atoms with E-state index in [1.165, 1.54) is 27.9 Å². The number of hydrogen-bond acceptors (Lipinski definition) is 3. The Morgan fingerprint density at radius 1 is 1.53 bits per heavy atom. The van der Waals surface area contributed by atoms with Gasteiger partial charge in [-0.1, -0.05) is 0 Å². The number of imidazole rings is 1. The minimum atomic E-state index is -4.64. The zero-order valence-electron chi connectivity index (χ0n) is 9.09. The summed E-state index contributed by atoms with van der Waals surface area (Å²) in [4.78, 5) is 28.2. The van der Waals surface area contributed by atoms with Crippen molar-refractivity contribution in [2.45, 2.75) is 25.4 Å². The smallest absolute Gasteiger partial charge is 0.360 e. The highest BCUT2D eigenvalue weighted by Crippen LogP contribution is 2.49. The van der Waals surface area contributed by atoms with Crippen molar-refractivity contribution in [2.24, 2.45) is 0 Å². The van der Waals surface area contributed by atoms with Gasteiger partial charge in [0.15, 0.2) is 6.54 Å². The third kappa shape index (κ3) is 3.64. The summed E-state index contributed by atoms with van der Waals surface area (Å²) in [5.41, 5.74) is 0. The Hall–Kier alpha value is -1.21. The number of carbonyl (C=O) groups is 1. The zero-order chi connectivity index (χ0) is 13.3. The van der Waals surface area contributed by atoms with Gasteiger partial charge in [0.2, 0.25) is 11.7 Å². The molecule has 1 aromatic heterocycles. The van der Waals surface area contributed by atoms with Crippen LogP contribution < -0.4 is 4.57 Å². The Bertz CT molecular complexity index is 462. The van der Waals surface area contributed by atoms with Crippen LogP contribution in [-0.2, 0) is 22.4 Å². The van der Waals surface area contributed by atoms with Crippen molar-refractivity contribution < 1.29 is 33.9 Å². The largest absolute Gasteiger partial charge is 0.478 e. The number of aliphatic hydroxyl groups is 1. The van der Waals surface area contributed by atoms with Gasteiger partial charge < -0.3 is 20.0 Å². The Kier molecular flexibility index (Phi) is 3.73. The maximum atomic E-state index is 11.0. The lowest BCUT2D eigenvalue weighted by Crippen LogP contribution is -2.36. The molecule has 1 unspecified atom stereocenters. The maximum Gasteiger partial charge on any atom is 0.360 e. The summed E-state index contributed by atoms with van der Waals surface area (Å²) in [6, 6.07) is 0. The Morgan fingerprint density at radius 2 is 2.12 bits per heavy atom. The molecule has 1 heterocycles. The van der Waals surface area contributed by atoms with Crippen molar-refractivity contribution in [1.82, 2.24) is 4.57 Å². The lowest BCUT2D eigenvalue weighted by atomic mass is 10.4. The summed E-state index contributed by atoms with van der Waals surface area (Å²) in [5.74, 6) is -1.03. The second-order valence-corrected chi connectivity index (χ2v) is 5.96. The van der Waals surface area contributed by atoms with E-state index in [2.05, 4.69) is 0 Å². The van der Waals surface area contributed by atoms with Crippen LogP contribution in [0.4, 0.5) is 0 Å². The maximum absolute atomic E-state index is 11.0. The van der Waals surface area contributed by atoms with Gasteiger partial charge in [0, 0.05) is 0 Å². The van der Waals surface area contributed by atoms with Crippen molar-refractivity contribution >= 4 is 13.6 Å². The van der Waals surface area contributed by atoms with E-state index in [1.54, 1.807) is 0 Å². The summed E-state index contributed by atoms with van der Waals surface area (Å²) in [5, 5.41) is 15.9. The first kappa shape index (κ1) is 13.9. The predicted molar refractivity (Wildman–Crippen MR) is 54.9 cm³/mol. The average molecular weight is 265 g/mol. The number of carboxylic acid groups (broad SMARTS) is 1. The highest BCUT2D eigenvalue weighted by Gasteiger charge is 2.42. The van der Waals surface area contributed by atoms with E-state index in [-0.39, 0.29) is 13.1 Å². The predicted octanol–water partition coefficient (Wildman–Crippen LogP) is -1.25. The third-order valence-electron chi connectivity index (χ3n) is 2.17. The number of aromatic nitrogens is 2. The molecule has 17 heavy (non-hydrogen) atoms. The Morgan fingerprint density at radius 3 is 2.59 bits per heavy atom. The number of aliphatic carboxylic acids is 1. The molecule has 8 nitrogen and oxygen atoms in total. The minimum absolute atomic E-state index is 0.259. The van der Waals surface area contributed by atoms with Crippen LogP contribution in [0.25, 0.3) is 0 Å². The van der Waals surface area contributed by atoms with E-state index in [4.69, 9.17) is 14.9 Å². The third-order valence-corrected chi connectivity index (χ3v) is 3.57. The van der Waals surface area contributed by atoms with Crippen molar-refractivity contribution in [3.8, 4) is 0 Å². The van der Waals surface area contributed by atoms with Gasteiger partial charge in [0.1, 0.15) is 18.9 Å². The monoisotopic (exact) mass is 265 g/mol. The second-order valence-electron chi connectivity index (χ2n) is 3.91. The molecule has 0 aliphatic heterocycles. The molecule has 0 bridgehead atoms. The normalized spacial score (nSPS) is 15.5. The number of nitrogens with zero attached hydrogens (tertiary/aromatic N) is 2. The first-order chi connectivity index (χ1) is 7.62. The molecule has 1 rings (SSSR count). The molecule has 4 N–H and O–H groups in total. The number of hydrogen-bond donors (Lipinski definition) is 4. The quantitative estimate of drug-likeness (QED) is 0.389. The average Bonchev–Trinajstić information content (AvgIpc) is 2.48. The van der Waals surface area contributed by atoms with Crippen LogP contribution in [0, 0.1) is 0 Å². The number of rotatable bonds is 5. The highest BCUT2D eigenvalue weighted by molar-refractivity contribution is 7.53. The fourth-order valence-corrected chi connectivity index (χ4v) is 1.57. The molecular weight excluding hydrogens is 251 g/mol. The first-order valence-corrected chi connectivity index (χ1v) is 6.28. The molecule has 1 aromatic rings. The molecule has 0 aromatic carbocycles. The van der Waals surface area contributed by atoms with Crippen molar-refractivity contribution in [3.05, 3.63) is 18.7 Å². The van der Waals surface area contributed by atoms with Crippen LogP contribution in [-0.4, -0.2) is 35.9 Å². The summed E-state index contributed by atoms with van der Waals surface area (Å²) < 4.78 is 13.6. The van der Waals surface area contributed by atoms with Crippen molar-refractivity contribution in [2.75, 3.05) is 0 Å². The summed E-state index contributed by atoms with van der Waals surface area (Å²) in [7, 11) is -4.64. The van der Waals surface area contributed by atoms with E-state index < -0.39 is 18.9 Å². The topological polar surface area (TPSA) is 124 Å². The van der Waals surface area contributed by atoms with Crippen molar-refractivity contribution in [1.29, 1.82) is 0 Å². The van der Waals surface area contributed by atoms with Crippen LogP contribution in [0.1, 0.15) is 6.92 Å². The molecule has 0 spiro atoms. The van der Waals surface area contributed by atoms with Crippen LogP contribution >= 0.6 is 7.60 Å². The van der Waals surface area contributed by atoms with E-state index >= 15 is 0 Å². The van der Waals surface area contributed by atoms with Gasteiger partial charge in [0.25, 0.3) is 0 Å². The molecule has 0 amide bonds. The van der Waals surface area contributed by atoms with Gasteiger partial charge in [-0.2, -0.15) is 0 Å². The molecule has 0 aliphatic carbocycles. The summed E-state index contributed by atoms with van der Waals surface area (Å²) in [6.07, 6.45) is 4.20. The van der Waals surface area contributed by atoms with Gasteiger partial charge in [-0.25, -0.2) is 13.9 Å². The van der Waals surface area contributed by atoms with Gasteiger partial charge in [-0.05, 0) is 6.92 Å². The van der Waals surface area contributed by atoms with Crippen LogP contribution in [0.15, 0.2) is 18.7 Å². The van der Waals surface area contributed by atoms with Gasteiger partial charge in [-0.3, -0.25) is 4.57 Å². The van der Waals surface area contributed by atoms with Crippen molar-refractivity contribution in [3.63, 3.8) is 0 Å². The van der Waals surface area contributed by atoms with Gasteiger partial charge in [0.05, 0.1) is 0 Å². The fourth-order valence-electron chi connectivity index (χ4n) is 1.22. The van der Waals surface area contributed by atoms with Gasteiger partial charge in [-0.15, -0.1) is 0 Å². The van der Waals surface area contributed by atoms with Gasteiger partial charge >= 0.3 is 13.6 Å². The molecular formula is C8H14N2O6P+. The molecule has 0 radical (unpaired) electrons. The highest BCUT2D eigenvalue weighted by atomic mass is 31.2. The molecule has 1 atom stereocenters. The number of carboxylic acids is 1. The van der Waals surface area contributed by atoms with Crippen LogP contribution in [0.3, 0.4) is 0 Å².